The molecule has 1 aliphatic carbocycles. The summed E-state index contributed by atoms with van der Waals surface area (Å²) >= 11 is 6.14. The number of esters is 1. The zero-order chi connectivity index (χ0) is 20.4. The van der Waals surface area contributed by atoms with Crippen molar-refractivity contribution in [2.24, 2.45) is 11.8 Å². The molecule has 3 rings (SSSR count). The second kappa shape index (κ2) is 8.31. The predicted molar refractivity (Wildman–Crippen MR) is 103 cm³/mol. The van der Waals surface area contributed by atoms with Gasteiger partial charge in [-0.15, -0.1) is 0 Å². The molecule has 0 radical (unpaired) electrons. The van der Waals surface area contributed by atoms with Gasteiger partial charge in [0.05, 0.1) is 22.5 Å². The van der Waals surface area contributed by atoms with E-state index in [-0.39, 0.29) is 23.7 Å². The summed E-state index contributed by atoms with van der Waals surface area (Å²) in [6, 6.07) is 3.59. The first-order valence-corrected chi connectivity index (χ1v) is 9.73. The summed E-state index contributed by atoms with van der Waals surface area (Å²) in [7, 11) is 0. The van der Waals surface area contributed by atoms with E-state index >= 15 is 0 Å². The Morgan fingerprint density at radius 3 is 2.32 bits per heavy atom. The Morgan fingerprint density at radius 2 is 1.75 bits per heavy atom. The largest absolute Gasteiger partial charge is 0.454 e. The molecule has 0 spiro atoms. The number of likely N-dealkylation sites (tertiary alicyclic amines) is 1. The van der Waals surface area contributed by atoms with Crippen LogP contribution in [0.3, 0.4) is 0 Å². The van der Waals surface area contributed by atoms with Gasteiger partial charge in [-0.1, -0.05) is 30.5 Å². The number of carbonyl (C=O) groups is 4. The fourth-order valence-electron chi connectivity index (χ4n) is 3.96. The quantitative estimate of drug-likeness (QED) is 0.599. The maximum atomic E-state index is 12.4. The Morgan fingerprint density at radius 1 is 1.14 bits per heavy atom. The molecule has 150 valence electrons. The number of nitrogens with one attached hydrogen (secondary N) is 1. The molecule has 1 saturated heterocycles. The Labute approximate surface area is 168 Å². The van der Waals surface area contributed by atoms with Crippen LogP contribution >= 0.6 is 11.6 Å². The number of rotatable bonds is 5. The van der Waals surface area contributed by atoms with Crippen LogP contribution in [0.2, 0.25) is 5.02 Å². The van der Waals surface area contributed by atoms with Crippen LogP contribution in [-0.2, 0) is 23.9 Å². The zero-order valence-electron chi connectivity index (χ0n) is 15.9. The highest BCUT2D eigenvalue weighted by Crippen LogP contribution is 2.37. The van der Waals surface area contributed by atoms with Crippen LogP contribution < -0.4 is 5.32 Å². The van der Waals surface area contributed by atoms with Crippen LogP contribution in [0, 0.1) is 25.7 Å². The molecule has 0 aromatic heterocycles. The minimum Gasteiger partial charge on any atom is -0.454 e. The summed E-state index contributed by atoms with van der Waals surface area (Å²) in [5.74, 6) is -2.58. The molecule has 1 aliphatic heterocycles. The molecule has 1 N–H and O–H groups in total. The zero-order valence-corrected chi connectivity index (χ0v) is 16.7. The summed E-state index contributed by atoms with van der Waals surface area (Å²) in [4.78, 5) is 49.9. The summed E-state index contributed by atoms with van der Waals surface area (Å²) in [5, 5.41) is 3.01. The topological polar surface area (TPSA) is 92.8 Å². The Hall–Kier alpha value is -2.41. The number of ether oxygens (including phenoxy) is 1. The van der Waals surface area contributed by atoms with Crippen LogP contribution in [0.5, 0.6) is 0 Å². The van der Waals surface area contributed by atoms with Gasteiger partial charge in [-0.2, -0.15) is 0 Å². The number of halogens is 1. The maximum absolute atomic E-state index is 12.4. The van der Waals surface area contributed by atoms with Gasteiger partial charge in [0.2, 0.25) is 11.8 Å². The second-order valence-corrected chi connectivity index (χ2v) is 7.81. The molecular weight excluding hydrogens is 384 g/mol. The molecule has 2 aliphatic rings. The van der Waals surface area contributed by atoms with Crippen molar-refractivity contribution in [1.29, 1.82) is 0 Å². The minimum absolute atomic E-state index is 0.307. The third-order valence-electron chi connectivity index (χ3n) is 5.28. The third-order valence-corrected chi connectivity index (χ3v) is 5.58. The Kier molecular flexibility index (Phi) is 6.03. The van der Waals surface area contributed by atoms with Crippen LogP contribution in [0.4, 0.5) is 5.69 Å². The van der Waals surface area contributed by atoms with Gasteiger partial charge >= 0.3 is 5.97 Å². The van der Waals surface area contributed by atoms with E-state index in [1.54, 1.807) is 6.07 Å². The molecule has 2 fully saturated rings. The number of benzene rings is 1. The highest BCUT2D eigenvalue weighted by molar-refractivity contribution is 6.34. The smallest absolute Gasteiger partial charge is 0.326 e. The van der Waals surface area contributed by atoms with Gasteiger partial charge in [0, 0.05) is 0 Å². The van der Waals surface area contributed by atoms with Crippen molar-refractivity contribution in [2.75, 3.05) is 18.5 Å². The normalized spacial score (nSPS) is 21.5. The first kappa shape index (κ1) is 20.3. The number of carbonyl (C=O) groups excluding carboxylic acids is 4. The van der Waals surface area contributed by atoms with E-state index in [4.69, 9.17) is 16.3 Å². The molecule has 8 heteroatoms. The number of hydrogen-bond donors (Lipinski definition) is 1. The molecule has 28 heavy (non-hydrogen) atoms. The third kappa shape index (κ3) is 4.19. The van der Waals surface area contributed by atoms with Crippen molar-refractivity contribution >= 4 is 41.0 Å². The van der Waals surface area contributed by atoms with Gasteiger partial charge in [0.15, 0.2) is 6.61 Å². The van der Waals surface area contributed by atoms with Crippen LogP contribution in [0.15, 0.2) is 12.1 Å². The molecular formula is C20H23ClN2O5. The van der Waals surface area contributed by atoms with E-state index in [0.29, 0.717) is 23.6 Å². The van der Waals surface area contributed by atoms with Crippen molar-refractivity contribution in [3.05, 3.63) is 28.3 Å². The fraction of sp³-hybridized carbons (Fsp3) is 0.500. The fourth-order valence-corrected chi connectivity index (χ4v) is 4.33. The molecule has 2 atom stereocenters. The molecule has 7 nitrogen and oxygen atoms in total. The van der Waals surface area contributed by atoms with Crippen LogP contribution in [0.1, 0.15) is 36.8 Å². The highest BCUT2D eigenvalue weighted by Gasteiger charge is 2.48. The van der Waals surface area contributed by atoms with Crippen molar-refractivity contribution in [1.82, 2.24) is 4.90 Å². The summed E-state index contributed by atoms with van der Waals surface area (Å²) in [6.07, 6.45) is 3.19. The van der Waals surface area contributed by atoms with Crippen molar-refractivity contribution in [3.8, 4) is 0 Å². The van der Waals surface area contributed by atoms with E-state index in [1.165, 1.54) is 0 Å². The van der Waals surface area contributed by atoms with Crippen molar-refractivity contribution in [3.63, 3.8) is 0 Å². The molecule has 1 aromatic carbocycles. The number of anilines is 1. The first-order chi connectivity index (χ1) is 13.3. The van der Waals surface area contributed by atoms with E-state index < -0.39 is 25.0 Å². The maximum Gasteiger partial charge on any atom is 0.326 e. The molecule has 1 aromatic rings. The average Bonchev–Trinajstić information content (AvgIpc) is 2.88. The summed E-state index contributed by atoms with van der Waals surface area (Å²) < 4.78 is 4.95. The van der Waals surface area contributed by atoms with Gasteiger partial charge in [-0.05, 0) is 43.9 Å². The monoisotopic (exact) mass is 406 g/mol. The standard InChI is InChI=1S/C20H23ClN2O5/c1-11-7-12(2)18(15(21)8-11)22-16(24)10-28-17(25)9-23-19(26)13-5-3-4-6-14(13)20(23)27/h7-8,13-14H,3-6,9-10H2,1-2H3,(H,22,24)/t13-,14-/m0/s1. The number of imide groups is 1. The average molecular weight is 407 g/mol. The molecule has 0 unspecified atom stereocenters. The van der Waals surface area contributed by atoms with E-state index in [0.717, 1.165) is 28.9 Å². The van der Waals surface area contributed by atoms with Gasteiger partial charge in [-0.25, -0.2) is 0 Å². The lowest BCUT2D eigenvalue weighted by Gasteiger charge is -2.19. The highest BCUT2D eigenvalue weighted by atomic mass is 35.5. The van der Waals surface area contributed by atoms with E-state index in [2.05, 4.69) is 5.32 Å². The molecule has 3 amide bonds. The second-order valence-electron chi connectivity index (χ2n) is 7.41. The lowest BCUT2D eigenvalue weighted by Crippen LogP contribution is -2.37. The van der Waals surface area contributed by atoms with Gasteiger partial charge in [0.1, 0.15) is 6.54 Å². The summed E-state index contributed by atoms with van der Waals surface area (Å²) in [6.45, 7) is 2.72. The van der Waals surface area contributed by atoms with Crippen LogP contribution in [0.25, 0.3) is 0 Å². The molecule has 1 heterocycles. The number of fused-ring (bicyclic) bond motifs is 1. The Balaban J connectivity index is 1.52. The number of hydrogen-bond acceptors (Lipinski definition) is 5. The van der Waals surface area contributed by atoms with Gasteiger partial charge < -0.3 is 10.1 Å². The lowest BCUT2D eigenvalue weighted by atomic mass is 9.81. The Bertz CT molecular complexity index is 791. The lowest BCUT2D eigenvalue weighted by molar-refractivity contribution is -0.154. The van der Waals surface area contributed by atoms with Crippen LogP contribution in [-0.4, -0.2) is 41.7 Å². The summed E-state index contributed by atoms with van der Waals surface area (Å²) in [5.41, 5.74) is 2.22. The van der Waals surface area contributed by atoms with Gasteiger partial charge in [-0.3, -0.25) is 24.1 Å². The SMILES string of the molecule is Cc1cc(C)c(NC(=O)COC(=O)CN2C(=O)[C@H]3CCCC[C@@H]3C2=O)c(Cl)c1. The van der Waals surface area contributed by atoms with E-state index in [9.17, 15) is 19.2 Å². The van der Waals surface area contributed by atoms with Crippen molar-refractivity contribution in [2.45, 2.75) is 39.5 Å². The van der Waals surface area contributed by atoms with Crippen molar-refractivity contribution < 1.29 is 23.9 Å². The first-order valence-electron chi connectivity index (χ1n) is 9.35. The number of aryl methyl sites for hydroxylation is 2. The molecule has 0 bridgehead atoms. The predicted octanol–water partition coefficient (Wildman–Crippen LogP) is 2.61. The number of nitrogens with zero attached hydrogens (tertiary/aromatic N) is 1. The minimum atomic E-state index is -0.790. The van der Waals surface area contributed by atoms with E-state index in [1.807, 2.05) is 19.9 Å². The number of amides is 3. The van der Waals surface area contributed by atoms with Gasteiger partial charge in [0.25, 0.3) is 5.91 Å². The molecule has 1 saturated carbocycles.